The van der Waals surface area contributed by atoms with E-state index in [0.29, 0.717) is 25.7 Å². The first kappa shape index (κ1) is 27.4. The van der Waals surface area contributed by atoms with Crippen LogP contribution in [-0.2, 0) is 14.4 Å². The molecule has 0 aromatic rings. The van der Waals surface area contributed by atoms with Crippen molar-refractivity contribution in [2.45, 2.75) is 112 Å². The van der Waals surface area contributed by atoms with Crippen molar-refractivity contribution in [2.75, 3.05) is 13.6 Å². The highest BCUT2D eigenvalue weighted by molar-refractivity contribution is 5.86. The molecule has 1 aliphatic rings. The number of carbonyl (C=O) groups is 3. The van der Waals surface area contributed by atoms with E-state index in [1.807, 2.05) is 32.6 Å². The van der Waals surface area contributed by atoms with E-state index in [9.17, 15) is 14.4 Å². The van der Waals surface area contributed by atoms with Crippen molar-refractivity contribution in [1.29, 1.82) is 0 Å². The van der Waals surface area contributed by atoms with E-state index in [2.05, 4.69) is 45.3 Å². The van der Waals surface area contributed by atoms with Gasteiger partial charge in [0.15, 0.2) is 0 Å². The van der Waals surface area contributed by atoms with Gasteiger partial charge in [0.1, 0.15) is 0 Å². The first-order valence-electron chi connectivity index (χ1n) is 11.8. The van der Waals surface area contributed by atoms with Crippen LogP contribution in [0.4, 0.5) is 0 Å². The van der Waals surface area contributed by atoms with Gasteiger partial charge >= 0.3 is 0 Å². The number of carbonyl (C=O) groups excluding carboxylic acids is 3. The summed E-state index contributed by atoms with van der Waals surface area (Å²) in [6.45, 7) is 19.3. The molecule has 180 valence electrons. The molecule has 6 heteroatoms. The van der Waals surface area contributed by atoms with Crippen LogP contribution >= 0.6 is 0 Å². The molecule has 0 saturated carbocycles. The predicted molar refractivity (Wildman–Crippen MR) is 127 cm³/mol. The largest absolute Gasteiger partial charge is 0.359 e. The number of nitrogens with one attached hydrogen (secondary N) is 2. The highest BCUT2D eigenvalue weighted by Gasteiger charge is 2.46. The number of hydrogen-bond acceptors (Lipinski definition) is 3. The Balaban J connectivity index is 3.09. The van der Waals surface area contributed by atoms with Crippen LogP contribution in [0.3, 0.4) is 0 Å². The molecule has 1 saturated heterocycles. The third kappa shape index (κ3) is 7.50. The molecule has 0 radical (unpaired) electrons. The Morgan fingerprint density at radius 3 is 2.00 bits per heavy atom. The van der Waals surface area contributed by atoms with Gasteiger partial charge in [-0.2, -0.15) is 0 Å². The van der Waals surface area contributed by atoms with Crippen LogP contribution in [0.1, 0.15) is 101 Å². The maximum atomic E-state index is 13.5. The van der Waals surface area contributed by atoms with Crippen molar-refractivity contribution in [3.05, 3.63) is 0 Å². The smallest absolute Gasteiger partial charge is 0.226 e. The third-order valence-electron chi connectivity index (χ3n) is 6.70. The van der Waals surface area contributed by atoms with Gasteiger partial charge in [-0.1, -0.05) is 41.5 Å². The molecule has 0 aromatic carbocycles. The first-order chi connectivity index (χ1) is 14.0. The summed E-state index contributed by atoms with van der Waals surface area (Å²) in [6, 6.07) is -0.0428. The summed E-state index contributed by atoms with van der Waals surface area (Å²) in [5.74, 6) is 0.0726. The van der Waals surface area contributed by atoms with Gasteiger partial charge in [-0.25, -0.2) is 0 Å². The second-order valence-corrected chi connectivity index (χ2v) is 12.1. The van der Waals surface area contributed by atoms with Crippen molar-refractivity contribution in [3.8, 4) is 0 Å². The highest BCUT2D eigenvalue weighted by atomic mass is 16.2. The van der Waals surface area contributed by atoms with Crippen LogP contribution in [0.5, 0.6) is 0 Å². The molecular formula is C25H47N3O3. The Kier molecular flexibility index (Phi) is 8.77. The second-order valence-electron chi connectivity index (χ2n) is 12.1. The quantitative estimate of drug-likeness (QED) is 0.535. The van der Waals surface area contributed by atoms with Crippen LogP contribution in [0.2, 0.25) is 0 Å². The molecule has 31 heavy (non-hydrogen) atoms. The molecule has 3 amide bonds. The summed E-state index contributed by atoms with van der Waals surface area (Å²) in [6.07, 6.45) is 3.91. The van der Waals surface area contributed by atoms with E-state index in [-0.39, 0.29) is 34.7 Å². The van der Waals surface area contributed by atoms with Crippen LogP contribution in [0.15, 0.2) is 0 Å². The van der Waals surface area contributed by atoms with E-state index in [1.165, 1.54) is 0 Å². The van der Waals surface area contributed by atoms with Gasteiger partial charge in [-0.3, -0.25) is 14.4 Å². The fourth-order valence-corrected chi connectivity index (χ4v) is 5.50. The minimum atomic E-state index is -0.757. The summed E-state index contributed by atoms with van der Waals surface area (Å²) in [4.78, 5) is 40.6. The molecule has 1 heterocycles. The summed E-state index contributed by atoms with van der Waals surface area (Å²) < 4.78 is 0. The van der Waals surface area contributed by atoms with Crippen LogP contribution in [0.25, 0.3) is 0 Å². The molecule has 3 atom stereocenters. The van der Waals surface area contributed by atoms with Crippen LogP contribution in [0, 0.1) is 16.2 Å². The average Bonchev–Trinajstić information content (AvgIpc) is 3.04. The van der Waals surface area contributed by atoms with E-state index < -0.39 is 10.8 Å². The maximum Gasteiger partial charge on any atom is 0.226 e. The molecule has 1 rings (SSSR count). The van der Waals surface area contributed by atoms with Gasteiger partial charge in [0, 0.05) is 42.4 Å². The van der Waals surface area contributed by atoms with E-state index in [4.69, 9.17) is 0 Å². The Bertz CT molecular complexity index is 667. The second kappa shape index (κ2) is 9.91. The lowest BCUT2D eigenvalue weighted by Gasteiger charge is -2.42. The van der Waals surface area contributed by atoms with E-state index in [1.54, 1.807) is 7.05 Å². The average molecular weight is 438 g/mol. The first-order valence-corrected chi connectivity index (χ1v) is 11.8. The Hall–Kier alpha value is -1.59. The fraction of sp³-hybridized carbons (Fsp3) is 0.880. The summed E-state index contributed by atoms with van der Waals surface area (Å²) in [7, 11) is 1.64. The number of hydrogen-bond donors (Lipinski definition) is 2. The minimum Gasteiger partial charge on any atom is -0.359 e. The van der Waals surface area contributed by atoms with Gasteiger partial charge in [-0.15, -0.1) is 0 Å². The normalized spacial score (nSPS) is 20.1. The standard InChI is InChI=1S/C25H47N3O3/c1-11-24(8,21(31)27-23(6,7)16-22(3,4)5)17-25(9,20(30)26-10)15-18(2)28-14-12-13-19(28)29/h18H,11-17H2,1-10H3,(H,26,30)(H,27,31). The molecule has 1 fully saturated rings. The molecule has 1 aliphatic heterocycles. The predicted octanol–water partition coefficient (Wildman–Crippen LogP) is 4.28. The summed E-state index contributed by atoms with van der Waals surface area (Å²) >= 11 is 0. The number of nitrogens with zero attached hydrogens (tertiary/aromatic N) is 1. The van der Waals surface area contributed by atoms with Gasteiger partial charge in [-0.05, 0) is 58.3 Å². The topological polar surface area (TPSA) is 78.5 Å². The van der Waals surface area contributed by atoms with E-state index >= 15 is 0 Å². The number of likely N-dealkylation sites (tertiary alicyclic amines) is 1. The SMILES string of the molecule is CCC(C)(CC(C)(CC(C)N1CCCC1=O)C(=O)NC)C(=O)NC(C)(C)CC(C)(C)C. The van der Waals surface area contributed by atoms with Gasteiger partial charge in [0.05, 0.1) is 0 Å². The third-order valence-corrected chi connectivity index (χ3v) is 6.70. The number of amides is 3. The molecule has 3 unspecified atom stereocenters. The lowest BCUT2D eigenvalue weighted by molar-refractivity contribution is -0.141. The lowest BCUT2D eigenvalue weighted by atomic mass is 9.67. The molecule has 0 aliphatic carbocycles. The molecule has 0 bridgehead atoms. The Labute approximate surface area is 190 Å². The zero-order chi connectivity index (χ0) is 24.3. The van der Waals surface area contributed by atoms with Crippen LogP contribution in [-0.4, -0.2) is 47.8 Å². The van der Waals surface area contributed by atoms with Gasteiger partial charge in [0.2, 0.25) is 17.7 Å². The van der Waals surface area contributed by atoms with Crippen molar-refractivity contribution in [1.82, 2.24) is 15.5 Å². The van der Waals surface area contributed by atoms with Gasteiger partial charge < -0.3 is 15.5 Å². The lowest BCUT2D eigenvalue weighted by Crippen LogP contribution is -2.54. The summed E-state index contributed by atoms with van der Waals surface area (Å²) in [5, 5.41) is 6.07. The van der Waals surface area contributed by atoms with Crippen LogP contribution < -0.4 is 10.6 Å². The molecule has 0 spiro atoms. The summed E-state index contributed by atoms with van der Waals surface area (Å²) in [5.41, 5.74) is -1.70. The molecule has 0 aromatic heterocycles. The Morgan fingerprint density at radius 2 is 1.58 bits per heavy atom. The van der Waals surface area contributed by atoms with Crippen molar-refractivity contribution < 1.29 is 14.4 Å². The van der Waals surface area contributed by atoms with Gasteiger partial charge in [0.25, 0.3) is 0 Å². The van der Waals surface area contributed by atoms with E-state index in [0.717, 1.165) is 19.4 Å². The van der Waals surface area contributed by atoms with Crippen molar-refractivity contribution in [2.24, 2.45) is 16.2 Å². The van der Waals surface area contributed by atoms with Crippen molar-refractivity contribution >= 4 is 17.7 Å². The zero-order valence-corrected chi connectivity index (χ0v) is 21.7. The van der Waals surface area contributed by atoms with Crippen molar-refractivity contribution in [3.63, 3.8) is 0 Å². The molecular weight excluding hydrogens is 390 g/mol. The highest BCUT2D eigenvalue weighted by Crippen LogP contribution is 2.42. The zero-order valence-electron chi connectivity index (χ0n) is 21.7. The molecule has 2 N–H and O–H groups in total. The fourth-order valence-electron chi connectivity index (χ4n) is 5.50. The Morgan fingerprint density at radius 1 is 1.00 bits per heavy atom. The minimum absolute atomic E-state index is 0.00993. The molecule has 6 nitrogen and oxygen atoms in total. The monoisotopic (exact) mass is 437 g/mol. The maximum absolute atomic E-state index is 13.5. The number of rotatable bonds is 10.